The van der Waals surface area contributed by atoms with Gasteiger partial charge in [0.05, 0.1) is 5.69 Å². The number of carbonyl (C=O) groups is 1. The molecule has 1 saturated heterocycles. The number of fused-ring (bicyclic) bond motifs is 3. The van der Waals surface area contributed by atoms with E-state index in [1.54, 1.807) is 6.20 Å². The summed E-state index contributed by atoms with van der Waals surface area (Å²) in [6, 6.07) is 1.76. The number of aromatic nitrogens is 1. The van der Waals surface area contributed by atoms with Gasteiger partial charge < -0.3 is 15.5 Å². The molecule has 3 rings (SSSR count). The number of piperazine rings is 1. The largest absolute Gasteiger partial charge is 0.340 e. The summed E-state index contributed by atoms with van der Waals surface area (Å²) in [5, 5.41) is 6.10. The first-order chi connectivity index (χ1) is 7.75. The van der Waals surface area contributed by atoms with Crippen molar-refractivity contribution in [1.29, 1.82) is 0 Å². The van der Waals surface area contributed by atoms with Crippen molar-refractivity contribution in [2.45, 2.75) is 6.04 Å². The van der Waals surface area contributed by atoms with Crippen LogP contribution >= 0.6 is 28.3 Å². The van der Waals surface area contributed by atoms with Crippen LogP contribution in [0.5, 0.6) is 0 Å². The van der Waals surface area contributed by atoms with Crippen LogP contribution in [0, 0.1) is 0 Å². The SMILES string of the molecule is Cl.O=C1Nc2cc(Br)cnc2N2CCNCC12. The zero-order valence-electron chi connectivity index (χ0n) is 8.94. The molecular formula is C10H12BrClN4O. The molecular weight excluding hydrogens is 307 g/mol. The Labute approximate surface area is 114 Å². The Bertz CT molecular complexity index is 456. The summed E-state index contributed by atoms with van der Waals surface area (Å²) < 4.78 is 0.875. The van der Waals surface area contributed by atoms with Crippen molar-refractivity contribution in [3.05, 3.63) is 16.7 Å². The first-order valence-electron chi connectivity index (χ1n) is 5.19. The topological polar surface area (TPSA) is 57.3 Å². The van der Waals surface area contributed by atoms with Crippen LogP contribution in [0.25, 0.3) is 0 Å². The van der Waals surface area contributed by atoms with E-state index in [4.69, 9.17) is 0 Å². The minimum atomic E-state index is -0.130. The summed E-state index contributed by atoms with van der Waals surface area (Å²) in [7, 11) is 0. The van der Waals surface area contributed by atoms with Crippen LogP contribution in [0.3, 0.4) is 0 Å². The second-order valence-electron chi connectivity index (χ2n) is 3.93. The smallest absolute Gasteiger partial charge is 0.248 e. The molecule has 2 N–H and O–H groups in total. The molecule has 1 unspecified atom stereocenters. The van der Waals surface area contributed by atoms with Gasteiger partial charge in [0.1, 0.15) is 6.04 Å². The Balaban J connectivity index is 0.00000108. The molecule has 5 nitrogen and oxygen atoms in total. The van der Waals surface area contributed by atoms with Crippen molar-refractivity contribution in [2.75, 3.05) is 29.9 Å². The number of anilines is 2. The van der Waals surface area contributed by atoms with Crippen LogP contribution in [-0.4, -0.2) is 36.6 Å². The van der Waals surface area contributed by atoms with Gasteiger partial charge in [-0.2, -0.15) is 0 Å². The number of rotatable bonds is 0. The highest BCUT2D eigenvalue weighted by molar-refractivity contribution is 9.10. The summed E-state index contributed by atoms with van der Waals surface area (Å²) in [4.78, 5) is 18.3. The second-order valence-corrected chi connectivity index (χ2v) is 4.84. The van der Waals surface area contributed by atoms with Gasteiger partial charge in [-0.3, -0.25) is 4.79 Å². The third-order valence-electron chi connectivity index (χ3n) is 2.91. The zero-order chi connectivity index (χ0) is 11.1. The molecule has 1 aromatic heterocycles. The molecule has 1 aromatic rings. The fourth-order valence-electron chi connectivity index (χ4n) is 2.16. The lowest BCUT2D eigenvalue weighted by Gasteiger charge is -2.40. The maximum absolute atomic E-state index is 11.9. The maximum atomic E-state index is 11.9. The number of halogens is 2. The lowest BCUT2D eigenvalue weighted by Crippen LogP contribution is -2.59. The number of amides is 1. The van der Waals surface area contributed by atoms with Crippen LogP contribution in [0.2, 0.25) is 0 Å². The number of hydrogen-bond donors (Lipinski definition) is 2. The minimum Gasteiger partial charge on any atom is -0.340 e. The molecule has 0 radical (unpaired) electrons. The van der Waals surface area contributed by atoms with Gasteiger partial charge in [-0.25, -0.2) is 4.98 Å². The van der Waals surface area contributed by atoms with E-state index >= 15 is 0 Å². The molecule has 1 atom stereocenters. The predicted molar refractivity (Wildman–Crippen MR) is 71.8 cm³/mol. The molecule has 3 heterocycles. The summed E-state index contributed by atoms with van der Waals surface area (Å²) in [6.07, 6.45) is 1.76. The first-order valence-corrected chi connectivity index (χ1v) is 5.99. The van der Waals surface area contributed by atoms with Gasteiger partial charge in [0, 0.05) is 30.3 Å². The zero-order valence-corrected chi connectivity index (χ0v) is 11.3. The van der Waals surface area contributed by atoms with E-state index in [-0.39, 0.29) is 24.4 Å². The van der Waals surface area contributed by atoms with Gasteiger partial charge >= 0.3 is 0 Å². The molecule has 0 aromatic carbocycles. The number of nitrogens with one attached hydrogen (secondary N) is 2. The third-order valence-corrected chi connectivity index (χ3v) is 3.34. The quantitative estimate of drug-likeness (QED) is 0.749. The monoisotopic (exact) mass is 318 g/mol. The van der Waals surface area contributed by atoms with E-state index in [1.807, 2.05) is 6.07 Å². The highest BCUT2D eigenvalue weighted by atomic mass is 79.9. The lowest BCUT2D eigenvalue weighted by atomic mass is 10.1. The molecule has 2 aliphatic heterocycles. The molecule has 0 saturated carbocycles. The molecule has 1 amide bonds. The predicted octanol–water partition coefficient (Wildman–Crippen LogP) is 0.996. The first kappa shape index (κ1) is 12.6. The molecule has 92 valence electrons. The summed E-state index contributed by atoms with van der Waals surface area (Å²) >= 11 is 3.35. The van der Waals surface area contributed by atoms with Gasteiger partial charge in [0.15, 0.2) is 5.82 Å². The van der Waals surface area contributed by atoms with Crippen molar-refractivity contribution in [2.24, 2.45) is 0 Å². The van der Waals surface area contributed by atoms with E-state index in [2.05, 4.69) is 36.4 Å². The van der Waals surface area contributed by atoms with E-state index < -0.39 is 0 Å². The number of hydrogen-bond acceptors (Lipinski definition) is 4. The Morgan fingerprint density at radius 3 is 3.18 bits per heavy atom. The van der Waals surface area contributed by atoms with Crippen molar-refractivity contribution < 1.29 is 4.79 Å². The summed E-state index contributed by atoms with van der Waals surface area (Å²) in [5.41, 5.74) is 0.789. The van der Waals surface area contributed by atoms with E-state index in [0.717, 1.165) is 29.1 Å². The van der Waals surface area contributed by atoms with Crippen molar-refractivity contribution in [3.63, 3.8) is 0 Å². The Hall–Kier alpha value is -0.850. The Morgan fingerprint density at radius 1 is 1.53 bits per heavy atom. The highest BCUT2D eigenvalue weighted by Crippen LogP contribution is 2.32. The van der Waals surface area contributed by atoms with Gasteiger partial charge in [0.2, 0.25) is 5.91 Å². The Morgan fingerprint density at radius 2 is 2.35 bits per heavy atom. The average Bonchev–Trinajstić information content (AvgIpc) is 2.29. The van der Waals surface area contributed by atoms with Crippen molar-refractivity contribution in [1.82, 2.24) is 10.3 Å². The van der Waals surface area contributed by atoms with Gasteiger partial charge in [-0.05, 0) is 22.0 Å². The minimum absolute atomic E-state index is 0. The number of pyridine rings is 1. The fourth-order valence-corrected chi connectivity index (χ4v) is 2.49. The van der Waals surface area contributed by atoms with Gasteiger partial charge in [0.25, 0.3) is 0 Å². The number of nitrogens with zero attached hydrogens (tertiary/aromatic N) is 2. The van der Waals surface area contributed by atoms with Gasteiger partial charge in [-0.1, -0.05) is 0 Å². The molecule has 1 fully saturated rings. The fraction of sp³-hybridized carbons (Fsp3) is 0.400. The standard InChI is InChI=1S/C10H11BrN4O.ClH/c11-6-3-7-9(13-4-6)15-2-1-12-5-8(15)10(16)14-7;/h3-4,8,12H,1-2,5H2,(H,14,16);1H. The van der Waals surface area contributed by atoms with Crippen molar-refractivity contribution >= 4 is 45.7 Å². The molecule has 0 bridgehead atoms. The van der Waals surface area contributed by atoms with Crippen LogP contribution in [0.1, 0.15) is 0 Å². The third kappa shape index (κ3) is 2.12. The average molecular weight is 320 g/mol. The summed E-state index contributed by atoms with van der Waals surface area (Å²) in [5.74, 6) is 0.911. The lowest BCUT2D eigenvalue weighted by molar-refractivity contribution is -0.117. The van der Waals surface area contributed by atoms with E-state index in [0.29, 0.717) is 6.54 Å². The van der Waals surface area contributed by atoms with Crippen LogP contribution in [0.4, 0.5) is 11.5 Å². The molecule has 0 aliphatic carbocycles. The molecule has 7 heteroatoms. The summed E-state index contributed by atoms with van der Waals surface area (Å²) in [6.45, 7) is 2.39. The second kappa shape index (κ2) is 4.80. The van der Waals surface area contributed by atoms with Crippen LogP contribution in [0.15, 0.2) is 16.7 Å². The number of carbonyl (C=O) groups excluding carboxylic acids is 1. The van der Waals surface area contributed by atoms with E-state index in [1.165, 1.54) is 0 Å². The maximum Gasteiger partial charge on any atom is 0.248 e. The molecule has 0 spiro atoms. The highest BCUT2D eigenvalue weighted by Gasteiger charge is 2.35. The van der Waals surface area contributed by atoms with E-state index in [9.17, 15) is 4.79 Å². The Kier molecular flexibility index (Phi) is 3.56. The van der Waals surface area contributed by atoms with Crippen LogP contribution < -0.4 is 15.5 Å². The van der Waals surface area contributed by atoms with Crippen molar-refractivity contribution in [3.8, 4) is 0 Å². The molecule has 17 heavy (non-hydrogen) atoms. The van der Waals surface area contributed by atoms with Crippen LogP contribution in [-0.2, 0) is 4.79 Å². The normalized spacial score (nSPS) is 22.1. The molecule has 2 aliphatic rings. The van der Waals surface area contributed by atoms with Gasteiger partial charge in [-0.15, -0.1) is 12.4 Å².